The Labute approximate surface area is 127 Å². The van der Waals surface area contributed by atoms with Crippen LogP contribution in [0.25, 0.3) is 0 Å². The monoisotopic (exact) mass is 325 g/mol. The molecule has 0 atom stereocenters. The van der Waals surface area contributed by atoms with Crippen LogP contribution >= 0.6 is 0 Å². The molecule has 1 aliphatic heterocycles. The molecular weight excluding hydrogens is 317 g/mol. The van der Waals surface area contributed by atoms with Gasteiger partial charge in [-0.05, 0) is 24.3 Å². The molecule has 3 rings (SSSR count). The topological polar surface area (TPSA) is 29.4 Å². The van der Waals surface area contributed by atoms with Gasteiger partial charge in [0.1, 0.15) is 11.6 Å². The second-order valence-electron chi connectivity index (χ2n) is 4.98. The van der Waals surface area contributed by atoms with E-state index in [9.17, 15) is 26.7 Å². The van der Waals surface area contributed by atoms with Crippen molar-refractivity contribution in [3.8, 4) is 0 Å². The first-order valence-corrected chi connectivity index (χ1v) is 6.54. The summed E-state index contributed by atoms with van der Waals surface area (Å²) in [5, 5.41) is 0. The van der Waals surface area contributed by atoms with Crippen LogP contribution < -0.4 is 0 Å². The van der Waals surface area contributed by atoms with Crippen LogP contribution in [0.3, 0.4) is 0 Å². The highest BCUT2D eigenvalue weighted by atomic mass is 19.4. The molecule has 0 saturated heterocycles. The number of alkyl halides is 3. The van der Waals surface area contributed by atoms with Crippen molar-refractivity contribution in [3.05, 3.63) is 64.7 Å². The highest BCUT2D eigenvalue weighted by Gasteiger charge is 2.38. The van der Waals surface area contributed by atoms with E-state index in [0.717, 1.165) is 24.3 Å². The summed E-state index contributed by atoms with van der Waals surface area (Å²) in [7, 11) is 0. The Kier molecular flexibility index (Phi) is 3.50. The van der Waals surface area contributed by atoms with Crippen LogP contribution in [0, 0.1) is 11.6 Å². The van der Waals surface area contributed by atoms with Gasteiger partial charge in [-0.3, -0.25) is 9.79 Å². The van der Waals surface area contributed by atoms with Crippen molar-refractivity contribution >= 4 is 17.2 Å². The second-order valence-corrected chi connectivity index (χ2v) is 4.98. The van der Waals surface area contributed by atoms with Crippen LogP contribution in [0.1, 0.15) is 27.9 Å². The zero-order valence-electron chi connectivity index (χ0n) is 11.4. The predicted molar refractivity (Wildman–Crippen MR) is 72.9 cm³/mol. The number of fused-ring (bicyclic) bond motifs is 1. The van der Waals surface area contributed by atoms with Gasteiger partial charge in [0.25, 0.3) is 0 Å². The summed E-state index contributed by atoms with van der Waals surface area (Å²) in [6.45, 7) is 0. The Balaban J connectivity index is 2.16. The van der Waals surface area contributed by atoms with Gasteiger partial charge in [0, 0.05) is 11.6 Å². The van der Waals surface area contributed by atoms with Crippen LogP contribution in [0.15, 0.2) is 41.4 Å². The fraction of sp³-hybridized carbons (Fsp3) is 0.125. The first kappa shape index (κ1) is 15.3. The third-order valence-corrected chi connectivity index (χ3v) is 3.45. The Morgan fingerprint density at radius 3 is 2.43 bits per heavy atom. The average molecular weight is 325 g/mol. The zero-order chi connectivity index (χ0) is 16.8. The summed E-state index contributed by atoms with van der Waals surface area (Å²) in [5.41, 5.74) is -1.90. The third kappa shape index (κ3) is 2.74. The van der Waals surface area contributed by atoms with Gasteiger partial charge >= 0.3 is 6.18 Å². The van der Waals surface area contributed by atoms with E-state index in [1.807, 2.05) is 0 Å². The van der Waals surface area contributed by atoms with E-state index in [0.29, 0.717) is 6.07 Å². The fourth-order valence-corrected chi connectivity index (χ4v) is 2.47. The average Bonchev–Trinajstić information content (AvgIpc) is 2.45. The molecule has 0 aliphatic carbocycles. The zero-order valence-corrected chi connectivity index (χ0v) is 11.4. The van der Waals surface area contributed by atoms with Gasteiger partial charge in [-0.1, -0.05) is 6.07 Å². The lowest BCUT2D eigenvalue weighted by molar-refractivity contribution is -0.137. The van der Waals surface area contributed by atoms with E-state index in [1.54, 1.807) is 0 Å². The van der Waals surface area contributed by atoms with E-state index in [4.69, 9.17) is 0 Å². The Morgan fingerprint density at radius 1 is 1.04 bits per heavy atom. The number of hydrogen-bond acceptors (Lipinski definition) is 2. The van der Waals surface area contributed by atoms with Gasteiger partial charge in [-0.25, -0.2) is 8.78 Å². The summed E-state index contributed by atoms with van der Waals surface area (Å²) in [6.07, 6.45) is -5.17. The molecule has 0 aromatic heterocycles. The largest absolute Gasteiger partial charge is 0.417 e. The number of hydrogen-bond donors (Lipinski definition) is 0. The molecule has 0 amide bonds. The number of carbonyl (C=O) groups excluding carboxylic acids is 1. The number of rotatable bonds is 1. The maximum atomic E-state index is 13.8. The highest BCUT2D eigenvalue weighted by Crippen LogP contribution is 2.39. The van der Waals surface area contributed by atoms with E-state index < -0.39 is 41.1 Å². The molecule has 23 heavy (non-hydrogen) atoms. The third-order valence-electron chi connectivity index (χ3n) is 3.45. The van der Waals surface area contributed by atoms with E-state index in [-0.39, 0.29) is 17.0 Å². The number of aliphatic imine (C=N–C) groups is 1. The number of halogens is 5. The number of benzene rings is 2. The molecule has 0 saturated carbocycles. The van der Waals surface area contributed by atoms with Crippen molar-refractivity contribution in [2.24, 2.45) is 4.99 Å². The van der Waals surface area contributed by atoms with Gasteiger partial charge in [-0.15, -0.1) is 0 Å². The van der Waals surface area contributed by atoms with Crippen LogP contribution in [-0.4, -0.2) is 11.5 Å². The van der Waals surface area contributed by atoms with Crippen molar-refractivity contribution in [2.75, 3.05) is 0 Å². The number of Topliss-reactive ketones (excluding diaryl/α,β-unsaturated/α-hetero) is 1. The lowest BCUT2D eigenvalue weighted by atomic mass is 9.92. The number of carbonyl (C=O) groups is 1. The van der Waals surface area contributed by atoms with Gasteiger partial charge in [0.2, 0.25) is 0 Å². The van der Waals surface area contributed by atoms with Crippen LogP contribution in [-0.2, 0) is 6.18 Å². The molecule has 0 radical (unpaired) electrons. The number of ketones is 1. The van der Waals surface area contributed by atoms with Crippen molar-refractivity contribution < 1.29 is 26.7 Å². The Morgan fingerprint density at radius 2 is 1.78 bits per heavy atom. The smallest absolute Gasteiger partial charge is 0.294 e. The fourth-order valence-electron chi connectivity index (χ4n) is 2.47. The van der Waals surface area contributed by atoms with Crippen molar-refractivity contribution in [3.63, 3.8) is 0 Å². The molecule has 0 unspecified atom stereocenters. The maximum absolute atomic E-state index is 13.8. The Hall–Kier alpha value is -2.57. The summed E-state index contributed by atoms with van der Waals surface area (Å²) in [6, 6.07) is 5.91. The minimum absolute atomic E-state index is 0.0284. The molecule has 0 N–H and O–H groups in total. The van der Waals surface area contributed by atoms with Crippen molar-refractivity contribution in [1.82, 2.24) is 0 Å². The number of nitrogens with zero attached hydrogens (tertiary/aromatic N) is 1. The van der Waals surface area contributed by atoms with Gasteiger partial charge < -0.3 is 0 Å². The molecule has 1 aliphatic rings. The molecule has 2 nitrogen and oxygen atoms in total. The van der Waals surface area contributed by atoms with Gasteiger partial charge in [0.15, 0.2) is 5.78 Å². The first-order valence-electron chi connectivity index (χ1n) is 6.54. The lowest BCUT2D eigenvalue weighted by Gasteiger charge is -2.19. The molecule has 0 fully saturated rings. The van der Waals surface area contributed by atoms with Crippen molar-refractivity contribution in [1.29, 1.82) is 0 Å². The second kappa shape index (κ2) is 5.26. The summed E-state index contributed by atoms with van der Waals surface area (Å²) in [5.74, 6) is -2.53. The molecule has 2 aromatic rings. The van der Waals surface area contributed by atoms with Gasteiger partial charge in [-0.2, -0.15) is 13.2 Å². The quantitative estimate of drug-likeness (QED) is 0.699. The van der Waals surface area contributed by atoms with Crippen LogP contribution in [0.2, 0.25) is 0 Å². The Bertz CT molecular complexity index is 839. The van der Waals surface area contributed by atoms with E-state index in [1.165, 1.54) is 6.07 Å². The normalized spacial score (nSPS) is 14.5. The van der Waals surface area contributed by atoms with Crippen molar-refractivity contribution in [2.45, 2.75) is 12.6 Å². The molecule has 1 heterocycles. The summed E-state index contributed by atoms with van der Waals surface area (Å²) >= 11 is 0. The summed E-state index contributed by atoms with van der Waals surface area (Å²) in [4.78, 5) is 16.1. The molecule has 0 bridgehead atoms. The summed E-state index contributed by atoms with van der Waals surface area (Å²) < 4.78 is 65.7. The minimum atomic E-state index is -4.69. The SMILES string of the molecule is O=C1CC(c2ccc(F)cc2F)=Nc2cccc(C(F)(F)F)c21. The van der Waals surface area contributed by atoms with Crippen LogP contribution in [0.4, 0.5) is 27.6 Å². The first-order chi connectivity index (χ1) is 10.8. The van der Waals surface area contributed by atoms with E-state index in [2.05, 4.69) is 4.99 Å². The lowest BCUT2D eigenvalue weighted by Crippen LogP contribution is -2.20. The molecular formula is C16H8F5NO. The standard InChI is InChI=1S/C16H8F5NO/c17-8-4-5-9(11(18)6-8)13-7-14(23)15-10(16(19,20)21)2-1-3-12(15)22-13/h1-6H,7H2. The predicted octanol–water partition coefficient (Wildman–Crippen LogP) is 4.69. The van der Waals surface area contributed by atoms with E-state index >= 15 is 0 Å². The molecule has 2 aromatic carbocycles. The molecule has 0 spiro atoms. The molecule has 7 heteroatoms. The maximum Gasteiger partial charge on any atom is 0.417 e. The van der Waals surface area contributed by atoms with Crippen LogP contribution in [0.5, 0.6) is 0 Å². The molecule has 118 valence electrons. The minimum Gasteiger partial charge on any atom is -0.294 e. The van der Waals surface area contributed by atoms with Gasteiger partial charge in [0.05, 0.1) is 28.9 Å². The highest BCUT2D eigenvalue weighted by molar-refractivity contribution is 6.21.